The number of para-hydroxylation sites is 3. The highest BCUT2D eigenvalue weighted by Gasteiger charge is 2.39. The first-order valence-corrected chi connectivity index (χ1v) is 18.3. The van der Waals surface area contributed by atoms with E-state index < -0.39 is 0 Å². The molecule has 4 nitrogen and oxygen atoms in total. The Labute approximate surface area is 307 Å². The van der Waals surface area contributed by atoms with E-state index in [4.69, 9.17) is 9.97 Å². The fourth-order valence-corrected chi connectivity index (χ4v) is 8.89. The quantitative estimate of drug-likeness (QED) is 0.186. The van der Waals surface area contributed by atoms with Crippen molar-refractivity contribution in [1.82, 2.24) is 19.1 Å². The van der Waals surface area contributed by atoms with Crippen LogP contribution in [-0.2, 0) is 5.41 Å². The molecule has 4 heteroatoms. The lowest BCUT2D eigenvalue weighted by molar-refractivity contribution is 0.636. The molecule has 53 heavy (non-hydrogen) atoms. The largest absolute Gasteiger partial charge is 0.309 e. The zero-order valence-electron chi connectivity index (χ0n) is 29.5. The minimum absolute atomic E-state index is 0.264. The summed E-state index contributed by atoms with van der Waals surface area (Å²) in [4.78, 5) is 10.8. The predicted octanol–water partition coefficient (Wildman–Crippen LogP) is 12.3. The number of fused-ring (bicyclic) bond motifs is 10. The molecule has 10 aromatic rings. The molecule has 3 aromatic heterocycles. The van der Waals surface area contributed by atoms with Crippen molar-refractivity contribution in [3.63, 3.8) is 0 Å². The maximum atomic E-state index is 5.41. The third-order valence-electron chi connectivity index (χ3n) is 11.3. The first kappa shape index (κ1) is 29.9. The first-order valence-electron chi connectivity index (χ1n) is 18.3. The van der Waals surface area contributed by atoms with Crippen molar-refractivity contribution in [3.05, 3.63) is 181 Å². The Kier molecular flexibility index (Phi) is 6.27. The van der Waals surface area contributed by atoms with Crippen LogP contribution in [0.2, 0.25) is 0 Å². The molecule has 11 rings (SSSR count). The SMILES string of the molecule is CC1(C)c2ccccc2-c2c(-c3ccccc3)nc(-c3cccc(-n4c5ccccc5c5c4ccc4c6ccccc6n(-c6ccccc6)c45)c3)nc21. The van der Waals surface area contributed by atoms with Crippen LogP contribution in [0.15, 0.2) is 170 Å². The van der Waals surface area contributed by atoms with Crippen LogP contribution in [0.3, 0.4) is 0 Å². The summed E-state index contributed by atoms with van der Waals surface area (Å²) >= 11 is 0. The Hall–Kier alpha value is -6.78. The summed E-state index contributed by atoms with van der Waals surface area (Å²) in [6, 6.07) is 60.9. The van der Waals surface area contributed by atoms with Crippen LogP contribution in [0.1, 0.15) is 25.1 Å². The second-order valence-corrected chi connectivity index (χ2v) is 14.6. The Morgan fingerprint density at radius 3 is 1.92 bits per heavy atom. The molecule has 3 heterocycles. The molecule has 0 saturated heterocycles. The summed E-state index contributed by atoms with van der Waals surface area (Å²) in [5.74, 6) is 0.734. The molecule has 0 unspecified atom stereocenters. The smallest absolute Gasteiger partial charge is 0.160 e. The van der Waals surface area contributed by atoms with Gasteiger partial charge in [-0.1, -0.05) is 141 Å². The molecule has 1 aliphatic carbocycles. The molecule has 0 N–H and O–H groups in total. The number of aromatic nitrogens is 4. The van der Waals surface area contributed by atoms with E-state index in [0.717, 1.165) is 56.3 Å². The van der Waals surface area contributed by atoms with Crippen LogP contribution < -0.4 is 0 Å². The lowest BCUT2D eigenvalue weighted by atomic mass is 9.85. The van der Waals surface area contributed by atoms with E-state index in [9.17, 15) is 0 Å². The molecular weight excluding hydrogens is 645 g/mol. The van der Waals surface area contributed by atoms with Gasteiger partial charge in [0.15, 0.2) is 5.82 Å². The molecule has 0 atom stereocenters. The van der Waals surface area contributed by atoms with Gasteiger partial charge in [-0.2, -0.15) is 0 Å². The molecule has 0 aliphatic heterocycles. The minimum atomic E-state index is -0.264. The lowest BCUT2D eigenvalue weighted by Gasteiger charge is -2.21. The van der Waals surface area contributed by atoms with Gasteiger partial charge in [0, 0.05) is 55.0 Å². The summed E-state index contributed by atoms with van der Waals surface area (Å²) in [6.45, 7) is 4.57. The molecule has 0 amide bonds. The van der Waals surface area contributed by atoms with Crippen molar-refractivity contribution in [1.29, 1.82) is 0 Å². The van der Waals surface area contributed by atoms with Crippen LogP contribution in [0.5, 0.6) is 0 Å². The third-order valence-corrected chi connectivity index (χ3v) is 11.3. The summed E-state index contributed by atoms with van der Waals surface area (Å²) in [7, 11) is 0. The van der Waals surface area contributed by atoms with E-state index >= 15 is 0 Å². The van der Waals surface area contributed by atoms with Crippen molar-refractivity contribution in [2.75, 3.05) is 0 Å². The Balaban J connectivity index is 1.17. The van der Waals surface area contributed by atoms with E-state index in [0.29, 0.717) is 0 Å². The third kappa shape index (κ3) is 4.24. The molecule has 0 fully saturated rings. The molecule has 250 valence electrons. The predicted molar refractivity (Wildman–Crippen MR) is 219 cm³/mol. The van der Waals surface area contributed by atoms with E-state index in [1.165, 1.54) is 43.7 Å². The number of rotatable bonds is 4. The molecule has 1 aliphatic rings. The standard InChI is InChI=1S/C49H34N4/c1-49(2)39-25-12-9-23-37(39)44-45(31-16-5-3-6-17-31)50-48(51-47(44)49)32-18-15-21-34(30-32)52-41-27-14-11-24-38(41)43-42(52)29-28-36-35-22-10-13-26-40(35)53(46(36)43)33-19-7-4-8-20-33/h3-30H,1-2H3. The molecule has 0 saturated carbocycles. The number of hydrogen-bond acceptors (Lipinski definition) is 2. The molecule has 0 spiro atoms. The van der Waals surface area contributed by atoms with Gasteiger partial charge in [0.25, 0.3) is 0 Å². The molecule has 0 bridgehead atoms. The van der Waals surface area contributed by atoms with E-state index in [-0.39, 0.29) is 5.41 Å². The first-order chi connectivity index (χ1) is 26.1. The van der Waals surface area contributed by atoms with E-state index in [1.807, 2.05) is 0 Å². The molecular formula is C49H34N4. The van der Waals surface area contributed by atoms with Gasteiger partial charge in [-0.15, -0.1) is 0 Å². The number of hydrogen-bond donors (Lipinski definition) is 0. The minimum Gasteiger partial charge on any atom is -0.309 e. The fraction of sp³-hybridized carbons (Fsp3) is 0.0612. The van der Waals surface area contributed by atoms with E-state index in [1.54, 1.807) is 0 Å². The van der Waals surface area contributed by atoms with Crippen LogP contribution >= 0.6 is 0 Å². The Morgan fingerprint density at radius 1 is 0.472 bits per heavy atom. The molecule has 0 radical (unpaired) electrons. The van der Waals surface area contributed by atoms with Crippen molar-refractivity contribution in [2.45, 2.75) is 19.3 Å². The highest BCUT2D eigenvalue weighted by atomic mass is 15.0. The highest BCUT2D eigenvalue weighted by molar-refractivity contribution is 6.26. The van der Waals surface area contributed by atoms with Crippen molar-refractivity contribution < 1.29 is 0 Å². The summed E-state index contributed by atoms with van der Waals surface area (Å²) in [5, 5.41) is 4.96. The van der Waals surface area contributed by atoms with Gasteiger partial charge in [0.1, 0.15) is 0 Å². The maximum Gasteiger partial charge on any atom is 0.160 e. The second kappa shape index (κ2) is 11.1. The highest BCUT2D eigenvalue weighted by Crippen LogP contribution is 2.51. The Morgan fingerprint density at radius 2 is 1.11 bits per heavy atom. The topological polar surface area (TPSA) is 35.6 Å². The second-order valence-electron chi connectivity index (χ2n) is 14.6. The van der Waals surface area contributed by atoms with Gasteiger partial charge in [0.2, 0.25) is 0 Å². The average Bonchev–Trinajstić information content (AvgIpc) is 3.81. The Bertz CT molecular complexity index is 3080. The van der Waals surface area contributed by atoms with Gasteiger partial charge in [-0.05, 0) is 53.6 Å². The van der Waals surface area contributed by atoms with Gasteiger partial charge in [0.05, 0.1) is 33.5 Å². The maximum absolute atomic E-state index is 5.41. The van der Waals surface area contributed by atoms with Gasteiger partial charge >= 0.3 is 0 Å². The van der Waals surface area contributed by atoms with Gasteiger partial charge < -0.3 is 9.13 Å². The zero-order chi connectivity index (χ0) is 35.3. The van der Waals surface area contributed by atoms with E-state index in [2.05, 4.69) is 193 Å². The monoisotopic (exact) mass is 678 g/mol. The van der Waals surface area contributed by atoms with Gasteiger partial charge in [-0.3, -0.25) is 0 Å². The lowest BCUT2D eigenvalue weighted by Crippen LogP contribution is -2.17. The van der Waals surface area contributed by atoms with Crippen LogP contribution in [0.25, 0.3) is 88.8 Å². The number of benzene rings is 7. The summed E-state index contributed by atoms with van der Waals surface area (Å²) in [6.07, 6.45) is 0. The summed E-state index contributed by atoms with van der Waals surface area (Å²) < 4.78 is 4.84. The van der Waals surface area contributed by atoms with Crippen molar-refractivity contribution in [2.24, 2.45) is 0 Å². The zero-order valence-corrected chi connectivity index (χ0v) is 29.5. The normalized spacial score (nSPS) is 13.2. The van der Waals surface area contributed by atoms with Crippen LogP contribution in [0.4, 0.5) is 0 Å². The fourth-order valence-electron chi connectivity index (χ4n) is 8.89. The molecule has 7 aromatic carbocycles. The van der Waals surface area contributed by atoms with Crippen molar-refractivity contribution >= 4 is 43.6 Å². The van der Waals surface area contributed by atoms with Crippen LogP contribution in [-0.4, -0.2) is 19.1 Å². The summed E-state index contributed by atoms with van der Waals surface area (Å²) in [5.41, 5.74) is 14.5. The average molecular weight is 679 g/mol. The van der Waals surface area contributed by atoms with Crippen molar-refractivity contribution in [3.8, 4) is 45.1 Å². The van der Waals surface area contributed by atoms with Gasteiger partial charge in [-0.25, -0.2) is 9.97 Å². The number of nitrogens with zero attached hydrogens (tertiary/aromatic N) is 4. The van der Waals surface area contributed by atoms with Crippen LogP contribution in [0, 0.1) is 0 Å².